The number of thiazole rings is 1. The number of aliphatic hydroxyl groups is 1. The number of pyridine rings is 1. The van der Waals surface area contributed by atoms with Gasteiger partial charge >= 0.3 is 6.03 Å². The highest BCUT2D eigenvalue weighted by atomic mass is 32.1. The van der Waals surface area contributed by atoms with E-state index in [2.05, 4.69) is 20.5 Å². The molecular formula is C55H77N7O10S. The quantitative estimate of drug-likeness (QED) is 0.0450. The van der Waals surface area contributed by atoms with E-state index in [9.17, 15) is 29.1 Å². The molecule has 18 heteroatoms. The molecule has 4 N–H and O–H groups in total. The van der Waals surface area contributed by atoms with Crippen LogP contribution in [0.2, 0.25) is 0 Å². The summed E-state index contributed by atoms with van der Waals surface area (Å²) in [6, 6.07) is 11.0. The number of urea groups is 1. The zero-order chi connectivity index (χ0) is 53.4. The van der Waals surface area contributed by atoms with Crippen molar-refractivity contribution in [3.05, 3.63) is 86.4 Å². The summed E-state index contributed by atoms with van der Waals surface area (Å²) in [5.41, 5.74) is 8.48. The van der Waals surface area contributed by atoms with Gasteiger partial charge in [0.25, 0.3) is 12.0 Å². The Morgan fingerprint density at radius 2 is 1.58 bits per heavy atom. The summed E-state index contributed by atoms with van der Waals surface area (Å²) in [6.07, 6.45) is 8.72. The van der Waals surface area contributed by atoms with Crippen LogP contribution >= 0.6 is 11.3 Å². The fourth-order valence-corrected chi connectivity index (χ4v) is 10.5. The van der Waals surface area contributed by atoms with E-state index in [0.29, 0.717) is 56.1 Å². The third kappa shape index (κ3) is 15.7. The standard InChI is InChI=1S/C54H75N7O8S.CH2O2/c1-35-49(70-34-57-35)37-20-18-36(19-21-37)29-56-50(64)46-28-40(63)30-61(46)52(66)45(54(2,3)4)27-39(62)17-15-13-11-10-12-14-16-23-55-53(67)60-24-22-41-42(32-59(7)51(65)43(41)33-60)38-25-47(68-8)44(31-58(5)6)48(26-38)69-9;2-1-3/h18-21,25-26,32,34,40,45-46,63H,10-17,22-24,27-31,33H2,1-9H3,(H,55,67)(H,56,64);1H,(H,2,3)/t40-,45-,46+;/m1./s1. The lowest BCUT2D eigenvalue weighted by Crippen LogP contribution is -2.50. The minimum atomic E-state index is -0.816. The summed E-state index contributed by atoms with van der Waals surface area (Å²) in [4.78, 5) is 86.7. The number of ketones is 1. The number of fused-ring (bicyclic) bond motifs is 1. The Bertz CT molecular complexity index is 2540. The second-order valence-corrected chi connectivity index (χ2v) is 21.3. The van der Waals surface area contributed by atoms with Crippen LogP contribution in [0.3, 0.4) is 0 Å². The first-order chi connectivity index (χ1) is 34.8. The predicted octanol–water partition coefficient (Wildman–Crippen LogP) is 7.35. The van der Waals surface area contributed by atoms with Crippen LogP contribution in [0.5, 0.6) is 11.5 Å². The zero-order valence-electron chi connectivity index (χ0n) is 44.3. The summed E-state index contributed by atoms with van der Waals surface area (Å²) >= 11 is 1.58. The number of carbonyl (C=O) groups excluding carboxylic acids is 4. The van der Waals surface area contributed by atoms with Crippen LogP contribution in [0.15, 0.2) is 52.9 Å². The highest BCUT2D eigenvalue weighted by molar-refractivity contribution is 7.13. The number of benzene rings is 2. The van der Waals surface area contributed by atoms with Gasteiger partial charge < -0.3 is 49.6 Å². The number of amides is 4. The highest BCUT2D eigenvalue weighted by Gasteiger charge is 2.44. The number of hydrogen-bond donors (Lipinski definition) is 4. The molecule has 1 saturated heterocycles. The Labute approximate surface area is 434 Å². The number of carbonyl (C=O) groups is 5. The van der Waals surface area contributed by atoms with E-state index >= 15 is 0 Å². The van der Waals surface area contributed by atoms with Crippen molar-refractivity contribution in [2.24, 2.45) is 18.4 Å². The van der Waals surface area contributed by atoms with Gasteiger partial charge in [-0.25, -0.2) is 9.78 Å². The molecule has 0 aliphatic carbocycles. The first-order valence-corrected chi connectivity index (χ1v) is 26.2. The monoisotopic (exact) mass is 1030 g/mol. The van der Waals surface area contributed by atoms with Crippen LogP contribution < -0.4 is 25.7 Å². The number of nitrogens with one attached hydrogen (secondary N) is 2. The number of Topliss-reactive ketones (excluding diaryl/α,β-unsaturated/α-hetero) is 1. The molecular weight excluding hydrogens is 951 g/mol. The number of ether oxygens (including phenoxy) is 2. The van der Waals surface area contributed by atoms with E-state index in [0.717, 1.165) is 88.9 Å². The fraction of sp³-hybridized carbons (Fsp3) is 0.545. The largest absolute Gasteiger partial charge is 0.496 e. The fourth-order valence-electron chi connectivity index (χ4n) is 9.73. The topological polar surface area (TPSA) is 213 Å². The van der Waals surface area contributed by atoms with Crippen molar-refractivity contribution in [1.82, 2.24) is 34.9 Å². The summed E-state index contributed by atoms with van der Waals surface area (Å²) in [6.45, 7) is 9.84. The third-order valence-electron chi connectivity index (χ3n) is 13.7. The van der Waals surface area contributed by atoms with Crippen molar-refractivity contribution < 1.29 is 43.7 Å². The van der Waals surface area contributed by atoms with E-state index in [4.69, 9.17) is 19.4 Å². The van der Waals surface area contributed by atoms with Gasteiger partial charge in [-0.2, -0.15) is 0 Å². The van der Waals surface area contributed by atoms with Gasteiger partial charge in [0, 0.05) is 82.3 Å². The Morgan fingerprint density at radius 3 is 2.16 bits per heavy atom. The zero-order valence-corrected chi connectivity index (χ0v) is 45.1. The molecule has 0 bridgehead atoms. The SMILES string of the molecule is COc1cc(-c2cn(C)c(=O)c3c2CCN(C(=O)NCCCCCCCCCC(=O)C[C@H](C(=O)N2C[C@H](O)C[C@H]2C(=O)NCc2ccc(-c4scnc4C)cc2)C(C)(C)C)C3)cc(OC)c1CN(C)C.O=CO. The number of aliphatic hydroxyl groups excluding tert-OH is 1. The van der Waals surface area contributed by atoms with Crippen molar-refractivity contribution in [2.45, 2.75) is 130 Å². The summed E-state index contributed by atoms with van der Waals surface area (Å²) in [7, 11) is 9.01. The maximum absolute atomic E-state index is 14.1. The third-order valence-corrected chi connectivity index (χ3v) is 14.7. The van der Waals surface area contributed by atoms with Crippen molar-refractivity contribution in [1.29, 1.82) is 0 Å². The van der Waals surface area contributed by atoms with Crippen molar-refractivity contribution in [3.8, 4) is 33.1 Å². The number of aromatic nitrogens is 2. The number of nitrogens with zero attached hydrogens (tertiary/aromatic N) is 5. The molecule has 4 heterocycles. The molecule has 2 aromatic carbocycles. The Kier molecular flexibility index (Phi) is 21.6. The smallest absolute Gasteiger partial charge is 0.317 e. The second-order valence-electron chi connectivity index (χ2n) is 20.5. The molecule has 4 aromatic rings. The Balaban J connectivity index is 0.00000321. The second kappa shape index (κ2) is 27.3. The van der Waals surface area contributed by atoms with Gasteiger partial charge in [0.15, 0.2) is 0 Å². The molecule has 0 unspecified atom stereocenters. The van der Waals surface area contributed by atoms with Crippen LogP contribution in [-0.2, 0) is 52.3 Å². The maximum Gasteiger partial charge on any atom is 0.317 e. The predicted molar refractivity (Wildman–Crippen MR) is 284 cm³/mol. The number of hydrogen-bond acceptors (Lipinski definition) is 12. The van der Waals surface area contributed by atoms with Gasteiger partial charge in [0.1, 0.15) is 23.3 Å². The van der Waals surface area contributed by atoms with E-state index in [1.165, 1.54) is 4.90 Å². The van der Waals surface area contributed by atoms with Crippen molar-refractivity contribution >= 4 is 41.4 Å². The van der Waals surface area contributed by atoms with E-state index in [-0.39, 0.29) is 61.6 Å². The number of carboxylic acid groups (broad SMARTS) is 1. The lowest BCUT2D eigenvalue weighted by atomic mass is 9.76. The molecule has 2 aromatic heterocycles. The average molecular weight is 1030 g/mol. The van der Waals surface area contributed by atoms with Gasteiger partial charge in [-0.15, -0.1) is 11.3 Å². The molecule has 4 amide bonds. The first-order valence-electron chi connectivity index (χ1n) is 25.3. The highest BCUT2D eigenvalue weighted by Crippen LogP contribution is 2.39. The molecule has 0 spiro atoms. The van der Waals surface area contributed by atoms with Gasteiger partial charge in [0.2, 0.25) is 11.8 Å². The molecule has 0 saturated carbocycles. The van der Waals surface area contributed by atoms with Crippen LogP contribution in [0.4, 0.5) is 4.79 Å². The van der Waals surface area contributed by atoms with Crippen LogP contribution in [0, 0.1) is 18.3 Å². The van der Waals surface area contributed by atoms with Gasteiger partial charge in [-0.05, 0) is 80.1 Å². The van der Waals surface area contributed by atoms with Crippen LogP contribution in [0.1, 0.15) is 113 Å². The number of unbranched alkanes of at least 4 members (excludes halogenated alkanes) is 6. The first kappa shape index (κ1) is 57.8. The van der Waals surface area contributed by atoms with Gasteiger partial charge in [0.05, 0.1) is 48.5 Å². The minimum Gasteiger partial charge on any atom is -0.496 e. The molecule has 398 valence electrons. The molecule has 73 heavy (non-hydrogen) atoms. The number of β-amino-alcohol motifs (C(OH)–C–C–N with tert-alkyl or cyclic N) is 1. The van der Waals surface area contributed by atoms with Crippen LogP contribution in [0.25, 0.3) is 21.6 Å². The van der Waals surface area contributed by atoms with E-state index < -0.39 is 23.5 Å². The molecule has 1 fully saturated rings. The van der Waals surface area contributed by atoms with Gasteiger partial charge in [-0.3, -0.25) is 24.0 Å². The number of methoxy groups -OCH3 is 2. The van der Waals surface area contributed by atoms with Gasteiger partial charge in [-0.1, -0.05) is 77.1 Å². The maximum atomic E-state index is 14.1. The summed E-state index contributed by atoms with van der Waals surface area (Å²) in [5, 5.41) is 23.5. The van der Waals surface area contributed by atoms with Crippen molar-refractivity contribution in [3.63, 3.8) is 0 Å². The number of likely N-dealkylation sites (tertiary alicyclic amines) is 1. The molecule has 2 aliphatic heterocycles. The number of aryl methyl sites for hydroxylation is 2. The summed E-state index contributed by atoms with van der Waals surface area (Å²) < 4.78 is 13.2. The molecule has 2 aliphatic rings. The van der Waals surface area contributed by atoms with Crippen LogP contribution in [-0.4, -0.2) is 125 Å². The normalized spacial score (nSPS) is 15.8. The van der Waals surface area contributed by atoms with E-state index in [1.807, 2.05) is 89.9 Å². The van der Waals surface area contributed by atoms with E-state index in [1.54, 1.807) is 42.1 Å². The lowest BCUT2D eigenvalue weighted by Gasteiger charge is -2.34. The molecule has 17 nitrogen and oxygen atoms in total. The molecule has 0 radical (unpaired) electrons. The minimum absolute atomic E-state index is 0.0338. The molecule has 6 rings (SSSR count). The Morgan fingerprint density at radius 1 is 0.945 bits per heavy atom. The number of rotatable bonds is 22. The van der Waals surface area contributed by atoms with Crippen molar-refractivity contribution in [2.75, 3.05) is 47.9 Å². The lowest BCUT2D eigenvalue weighted by molar-refractivity contribution is -0.146. The Hall–Kier alpha value is -6.11. The average Bonchev–Trinajstić information content (AvgIpc) is 3.98. The summed E-state index contributed by atoms with van der Waals surface area (Å²) in [5.74, 6) is 0.261. The molecule has 3 atom stereocenters.